The van der Waals surface area contributed by atoms with Gasteiger partial charge in [0.05, 0.1) is 16.8 Å². The van der Waals surface area contributed by atoms with Gasteiger partial charge in [0.1, 0.15) is 0 Å². The van der Waals surface area contributed by atoms with E-state index in [-0.39, 0.29) is 30.7 Å². The standard InChI is InChI=1S/C24H22N2O3/c1-16-12-13-19-20(15-16)24(29)26(23(19)28)14-6-11-22(27)25(2)21-10-5-8-17-7-3-4-9-18(17)21/h3-5,7-10,12-13,15H,6,11,14H2,1-2H3. The molecule has 0 spiro atoms. The molecule has 1 heterocycles. The molecule has 1 aliphatic rings. The Balaban J connectivity index is 1.41. The van der Waals surface area contributed by atoms with E-state index in [1.54, 1.807) is 24.1 Å². The fourth-order valence-electron chi connectivity index (χ4n) is 3.80. The maximum Gasteiger partial charge on any atom is 0.261 e. The minimum absolute atomic E-state index is 0.0474. The van der Waals surface area contributed by atoms with Gasteiger partial charge in [-0.15, -0.1) is 0 Å². The number of hydrogen-bond donors (Lipinski definition) is 0. The average molecular weight is 386 g/mol. The van der Waals surface area contributed by atoms with Gasteiger partial charge in [0.2, 0.25) is 5.91 Å². The summed E-state index contributed by atoms with van der Waals surface area (Å²) < 4.78 is 0. The van der Waals surface area contributed by atoms with Crippen molar-refractivity contribution in [1.82, 2.24) is 4.90 Å². The summed E-state index contributed by atoms with van der Waals surface area (Å²) in [6, 6.07) is 19.1. The highest BCUT2D eigenvalue weighted by molar-refractivity contribution is 6.21. The molecular weight excluding hydrogens is 364 g/mol. The summed E-state index contributed by atoms with van der Waals surface area (Å²) >= 11 is 0. The Labute approximate surface area is 169 Å². The number of rotatable bonds is 5. The second-order valence-corrected chi connectivity index (χ2v) is 7.37. The van der Waals surface area contributed by atoms with Crippen LogP contribution in [0.25, 0.3) is 10.8 Å². The molecule has 146 valence electrons. The van der Waals surface area contributed by atoms with E-state index in [1.165, 1.54) is 4.90 Å². The molecule has 0 N–H and O–H groups in total. The summed E-state index contributed by atoms with van der Waals surface area (Å²) in [6.07, 6.45) is 0.685. The molecule has 5 nitrogen and oxygen atoms in total. The van der Waals surface area contributed by atoms with E-state index in [1.807, 2.05) is 55.5 Å². The van der Waals surface area contributed by atoms with Crippen LogP contribution in [0.2, 0.25) is 0 Å². The minimum atomic E-state index is -0.278. The van der Waals surface area contributed by atoms with Gasteiger partial charge < -0.3 is 4.90 Å². The van der Waals surface area contributed by atoms with Crippen molar-refractivity contribution in [3.8, 4) is 0 Å². The molecule has 0 saturated carbocycles. The molecule has 4 rings (SSSR count). The van der Waals surface area contributed by atoms with E-state index in [2.05, 4.69) is 0 Å². The molecule has 0 radical (unpaired) electrons. The SMILES string of the molecule is Cc1ccc2c(c1)C(=O)N(CCCC(=O)N(C)c1cccc3ccccc13)C2=O. The summed E-state index contributed by atoms with van der Waals surface area (Å²) in [7, 11) is 1.76. The summed E-state index contributed by atoms with van der Waals surface area (Å²) in [6.45, 7) is 2.13. The molecule has 0 bridgehead atoms. The number of anilines is 1. The van der Waals surface area contributed by atoms with Crippen LogP contribution in [0.15, 0.2) is 60.7 Å². The molecule has 3 aromatic rings. The van der Waals surface area contributed by atoms with Crippen LogP contribution in [-0.2, 0) is 4.79 Å². The zero-order chi connectivity index (χ0) is 20.5. The molecule has 0 fully saturated rings. The smallest absolute Gasteiger partial charge is 0.261 e. The van der Waals surface area contributed by atoms with Crippen molar-refractivity contribution in [2.45, 2.75) is 19.8 Å². The fraction of sp³-hybridized carbons (Fsp3) is 0.208. The number of nitrogens with zero attached hydrogens (tertiary/aromatic N) is 2. The first-order chi connectivity index (χ1) is 14.0. The Bertz CT molecular complexity index is 1130. The lowest BCUT2D eigenvalue weighted by atomic mass is 10.1. The average Bonchev–Trinajstić information content (AvgIpc) is 2.96. The lowest BCUT2D eigenvalue weighted by Crippen LogP contribution is -2.32. The fourth-order valence-corrected chi connectivity index (χ4v) is 3.80. The van der Waals surface area contributed by atoms with E-state index in [0.717, 1.165) is 22.0 Å². The van der Waals surface area contributed by atoms with Crippen molar-refractivity contribution >= 4 is 34.2 Å². The summed E-state index contributed by atoms with van der Waals surface area (Å²) in [4.78, 5) is 40.7. The van der Waals surface area contributed by atoms with Crippen LogP contribution in [0.1, 0.15) is 39.1 Å². The van der Waals surface area contributed by atoms with Gasteiger partial charge in [-0.05, 0) is 36.9 Å². The first kappa shape index (κ1) is 18.9. The molecule has 3 amide bonds. The van der Waals surface area contributed by atoms with E-state index in [9.17, 15) is 14.4 Å². The van der Waals surface area contributed by atoms with E-state index in [4.69, 9.17) is 0 Å². The molecule has 0 saturated heterocycles. The van der Waals surface area contributed by atoms with Crippen LogP contribution in [0.4, 0.5) is 5.69 Å². The van der Waals surface area contributed by atoms with Crippen LogP contribution in [0, 0.1) is 6.92 Å². The number of aryl methyl sites for hydroxylation is 1. The Kier molecular flexibility index (Phi) is 4.89. The van der Waals surface area contributed by atoms with Crippen LogP contribution in [-0.4, -0.2) is 36.2 Å². The Morgan fingerprint density at radius 2 is 1.66 bits per heavy atom. The number of hydrogen-bond acceptors (Lipinski definition) is 3. The van der Waals surface area contributed by atoms with E-state index < -0.39 is 0 Å². The van der Waals surface area contributed by atoms with Gasteiger partial charge in [-0.3, -0.25) is 19.3 Å². The number of carbonyl (C=O) groups is 3. The molecule has 3 aromatic carbocycles. The van der Waals surface area contributed by atoms with Gasteiger partial charge in [0.15, 0.2) is 0 Å². The van der Waals surface area contributed by atoms with Crippen LogP contribution < -0.4 is 4.90 Å². The van der Waals surface area contributed by atoms with Gasteiger partial charge >= 0.3 is 0 Å². The van der Waals surface area contributed by atoms with Crippen molar-refractivity contribution in [2.24, 2.45) is 0 Å². The third kappa shape index (κ3) is 3.40. The van der Waals surface area contributed by atoms with Gasteiger partial charge in [-0.25, -0.2) is 0 Å². The quantitative estimate of drug-likeness (QED) is 0.618. The lowest BCUT2D eigenvalue weighted by Gasteiger charge is -2.20. The van der Waals surface area contributed by atoms with Crippen LogP contribution in [0.3, 0.4) is 0 Å². The second-order valence-electron chi connectivity index (χ2n) is 7.37. The first-order valence-corrected chi connectivity index (χ1v) is 9.68. The summed E-state index contributed by atoms with van der Waals surface area (Å²) in [5.41, 5.74) is 2.69. The van der Waals surface area contributed by atoms with E-state index >= 15 is 0 Å². The van der Waals surface area contributed by atoms with Crippen molar-refractivity contribution in [3.05, 3.63) is 77.4 Å². The van der Waals surface area contributed by atoms with Gasteiger partial charge in [-0.2, -0.15) is 0 Å². The first-order valence-electron chi connectivity index (χ1n) is 9.68. The van der Waals surface area contributed by atoms with Crippen molar-refractivity contribution in [3.63, 3.8) is 0 Å². The monoisotopic (exact) mass is 386 g/mol. The molecule has 0 unspecified atom stereocenters. The van der Waals surface area contributed by atoms with Gasteiger partial charge in [-0.1, -0.05) is 48.0 Å². The molecule has 0 atom stereocenters. The highest BCUT2D eigenvalue weighted by Gasteiger charge is 2.35. The highest BCUT2D eigenvalue weighted by atomic mass is 16.2. The largest absolute Gasteiger partial charge is 0.315 e. The third-order valence-corrected chi connectivity index (χ3v) is 5.40. The molecule has 1 aliphatic heterocycles. The van der Waals surface area contributed by atoms with Gasteiger partial charge in [0, 0.05) is 25.4 Å². The zero-order valence-corrected chi connectivity index (χ0v) is 16.5. The molecule has 0 aromatic heterocycles. The lowest BCUT2D eigenvalue weighted by molar-refractivity contribution is -0.118. The maximum atomic E-state index is 12.7. The van der Waals surface area contributed by atoms with Crippen LogP contribution >= 0.6 is 0 Å². The Morgan fingerprint density at radius 3 is 2.48 bits per heavy atom. The Morgan fingerprint density at radius 1 is 0.931 bits per heavy atom. The van der Waals surface area contributed by atoms with Gasteiger partial charge in [0.25, 0.3) is 11.8 Å². The van der Waals surface area contributed by atoms with Crippen LogP contribution in [0.5, 0.6) is 0 Å². The number of benzene rings is 3. The van der Waals surface area contributed by atoms with Crippen molar-refractivity contribution in [1.29, 1.82) is 0 Å². The summed E-state index contributed by atoms with van der Waals surface area (Å²) in [5, 5.41) is 2.09. The molecular formula is C24H22N2O3. The number of amides is 3. The number of imide groups is 1. The predicted octanol–water partition coefficient (Wildman–Crippen LogP) is 4.19. The normalized spacial score (nSPS) is 13.1. The zero-order valence-electron chi connectivity index (χ0n) is 16.5. The maximum absolute atomic E-state index is 12.7. The minimum Gasteiger partial charge on any atom is -0.315 e. The molecule has 5 heteroatoms. The number of fused-ring (bicyclic) bond motifs is 2. The van der Waals surface area contributed by atoms with E-state index in [0.29, 0.717) is 17.5 Å². The predicted molar refractivity (Wildman–Crippen MR) is 113 cm³/mol. The van der Waals surface area contributed by atoms with Crippen molar-refractivity contribution in [2.75, 3.05) is 18.5 Å². The topological polar surface area (TPSA) is 57.7 Å². The summed E-state index contributed by atoms with van der Waals surface area (Å²) in [5.74, 6) is -0.600. The third-order valence-electron chi connectivity index (χ3n) is 5.40. The van der Waals surface area contributed by atoms with Crippen molar-refractivity contribution < 1.29 is 14.4 Å². The number of carbonyl (C=O) groups excluding carboxylic acids is 3. The second kappa shape index (κ2) is 7.51. The molecule has 0 aliphatic carbocycles. The Hall–Kier alpha value is -3.47. The molecule has 29 heavy (non-hydrogen) atoms. The highest BCUT2D eigenvalue weighted by Crippen LogP contribution is 2.27.